The Morgan fingerprint density at radius 2 is 1.96 bits per heavy atom. The molecule has 1 rings (SSSR count). The molecule has 0 bridgehead atoms. The summed E-state index contributed by atoms with van der Waals surface area (Å²) in [6, 6.07) is 1.65. The summed E-state index contributed by atoms with van der Waals surface area (Å²) < 4.78 is 1.68. The number of aliphatic hydroxyl groups is 1. The molecule has 0 aliphatic rings. The molecule has 2 amide bonds. The van der Waals surface area contributed by atoms with Gasteiger partial charge in [0.05, 0.1) is 11.8 Å². The van der Waals surface area contributed by atoms with Gasteiger partial charge in [-0.2, -0.15) is 5.10 Å². The Morgan fingerprint density at radius 3 is 2.48 bits per heavy atom. The predicted molar refractivity (Wildman–Crippen MR) is 93.5 cm³/mol. The molecule has 0 saturated carbocycles. The van der Waals surface area contributed by atoms with Crippen LogP contribution in [0.2, 0.25) is 0 Å². The smallest absolute Gasteiger partial charge is 0.320 e. The Bertz CT molecular complexity index is 527. The zero-order valence-corrected chi connectivity index (χ0v) is 15.5. The highest BCUT2D eigenvalue weighted by atomic mass is 16.3. The molecular formula is C17H32N4O2. The van der Waals surface area contributed by atoms with Crippen LogP contribution in [0.25, 0.3) is 0 Å². The summed E-state index contributed by atoms with van der Waals surface area (Å²) >= 11 is 0. The lowest BCUT2D eigenvalue weighted by Crippen LogP contribution is -2.38. The van der Waals surface area contributed by atoms with Crippen molar-refractivity contribution in [2.24, 2.45) is 17.9 Å². The normalized spacial score (nSPS) is 13.7. The standard InChI is InChI=1S/C17H32N4O2/c1-12(22)9-17(5,6)11-18-15(23)19-14-8-13(20-21(14)7)10-16(2,3)4/h8,12,22H,9-11H2,1-7H3,(H2,18,19,23)/t12-/m1/s1. The quantitative estimate of drug-likeness (QED) is 0.753. The minimum absolute atomic E-state index is 0.152. The monoisotopic (exact) mass is 324 g/mol. The number of carbonyl (C=O) groups is 1. The molecule has 0 spiro atoms. The van der Waals surface area contributed by atoms with Gasteiger partial charge in [-0.25, -0.2) is 4.79 Å². The number of carbonyl (C=O) groups excluding carboxylic acids is 1. The number of hydrogen-bond donors (Lipinski definition) is 3. The van der Waals surface area contributed by atoms with Crippen molar-refractivity contribution in [3.63, 3.8) is 0 Å². The number of nitrogens with one attached hydrogen (secondary N) is 2. The lowest BCUT2D eigenvalue weighted by Gasteiger charge is -2.26. The molecule has 0 aliphatic carbocycles. The largest absolute Gasteiger partial charge is 0.393 e. The van der Waals surface area contributed by atoms with Gasteiger partial charge >= 0.3 is 6.03 Å². The molecule has 1 aromatic rings. The Kier molecular flexibility index (Phi) is 6.22. The van der Waals surface area contributed by atoms with Crippen molar-refractivity contribution >= 4 is 11.8 Å². The maximum absolute atomic E-state index is 12.1. The van der Waals surface area contributed by atoms with Gasteiger partial charge in [-0.15, -0.1) is 0 Å². The van der Waals surface area contributed by atoms with Crippen molar-refractivity contribution in [3.8, 4) is 0 Å². The van der Waals surface area contributed by atoms with Crippen molar-refractivity contribution < 1.29 is 9.90 Å². The summed E-state index contributed by atoms with van der Waals surface area (Å²) in [5.74, 6) is 0.676. The van der Waals surface area contributed by atoms with Crippen LogP contribution < -0.4 is 10.6 Å². The van der Waals surface area contributed by atoms with Crippen LogP contribution in [0.5, 0.6) is 0 Å². The molecule has 0 unspecified atom stereocenters. The number of aliphatic hydroxyl groups excluding tert-OH is 1. The minimum Gasteiger partial charge on any atom is -0.393 e. The molecule has 0 aliphatic heterocycles. The van der Waals surface area contributed by atoms with Crippen molar-refractivity contribution in [2.45, 2.75) is 60.5 Å². The highest BCUT2D eigenvalue weighted by molar-refractivity contribution is 5.88. The van der Waals surface area contributed by atoms with Gasteiger partial charge in [0.2, 0.25) is 0 Å². The molecule has 0 fully saturated rings. The first-order chi connectivity index (χ1) is 10.4. The summed E-state index contributed by atoms with van der Waals surface area (Å²) in [6.07, 6.45) is 1.10. The van der Waals surface area contributed by atoms with Crippen LogP contribution in [0.15, 0.2) is 6.07 Å². The number of hydrogen-bond acceptors (Lipinski definition) is 3. The highest BCUT2D eigenvalue weighted by Crippen LogP contribution is 2.22. The van der Waals surface area contributed by atoms with Gasteiger partial charge in [-0.3, -0.25) is 10.00 Å². The molecule has 1 heterocycles. The molecule has 6 nitrogen and oxygen atoms in total. The van der Waals surface area contributed by atoms with E-state index >= 15 is 0 Å². The van der Waals surface area contributed by atoms with Gasteiger partial charge in [0.15, 0.2) is 0 Å². The summed E-state index contributed by atoms with van der Waals surface area (Å²) in [6.45, 7) is 12.8. The number of amides is 2. The Morgan fingerprint density at radius 1 is 1.35 bits per heavy atom. The molecule has 0 aromatic carbocycles. The fourth-order valence-electron chi connectivity index (χ4n) is 2.63. The van der Waals surface area contributed by atoms with Crippen LogP contribution in [-0.2, 0) is 13.5 Å². The maximum Gasteiger partial charge on any atom is 0.320 e. The van der Waals surface area contributed by atoms with Crippen LogP contribution >= 0.6 is 0 Å². The fourth-order valence-corrected chi connectivity index (χ4v) is 2.63. The van der Waals surface area contributed by atoms with E-state index in [2.05, 4.69) is 36.5 Å². The average molecular weight is 324 g/mol. The fraction of sp³-hybridized carbons (Fsp3) is 0.765. The van der Waals surface area contributed by atoms with Crippen LogP contribution in [0.1, 0.15) is 53.7 Å². The number of aromatic nitrogens is 2. The van der Waals surface area contributed by atoms with Crippen molar-refractivity contribution in [3.05, 3.63) is 11.8 Å². The second kappa shape index (κ2) is 7.34. The first kappa shape index (κ1) is 19.5. The molecule has 6 heteroatoms. The second-order valence-corrected chi connectivity index (χ2v) is 8.41. The zero-order chi connectivity index (χ0) is 17.8. The maximum atomic E-state index is 12.1. The minimum atomic E-state index is -0.383. The van der Waals surface area contributed by atoms with E-state index in [-0.39, 0.29) is 23.0 Å². The Balaban J connectivity index is 2.58. The van der Waals surface area contributed by atoms with Gasteiger partial charge in [0, 0.05) is 19.7 Å². The van der Waals surface area contributed by atoms with Gasteiger partial charge in [0.25, 0.3) is 0 Å². The number of urea groups is 1. The SMILES string of the molecule is C[C@@H](O)CC(C)(C)CNC(=O)Nc1cc(CC(C)(C)C)nn1C. The lowest BCUT2D eigenvalue weighted by atomic mass is 9.87. The van der Waals surface area contributed by atoms with Gasteiger partial charge in [-0.05, 0) is 30.6 Å². The summed E-state index contributed by atoms with van der Waals surface area (Å²) in [5, 5.41) is 19.6. The molecule has 1 atom stereocenters. The van der Waals surface area contributed by atoms with E-state index in [1.54, 1.807) is 11.6 Å². The number of anilines is 1. The Hall–Kier alpha value is -1.56. The number of nitrogens with zero attached hydrogens (tertiary/aromatic N) is 2. The lowest BCUT2D eigenvalue weighted by molar-refractivity contribution is 0.129. The summed E-state index contributed by atoms with van der Waals surface area (Å²) in [7, 11) is 1.82. The van der Waals surface area contributed by atoms with Crippen molar-refractivity contribution in [1.29, 1.82) is 0 Å². The third-order valence-corrected chi connectivity index (χ3v) is 3.46. The number of aryl methyl sites for hydroxylation is 1. The van der Waals surface area contributed by atoms with E-state index in [1.165, 1.54) is 0 Å². The second-order valence-electron chi connectivity index (χ2n) is 8.41. The summed E-state index contributed by atoms with van der Waals surface area (Å²) in [5.41, 5.74) is 0.957. The van der Waals surface area contributed by atoms with Crippen LogP contribution in [0, 0.1) is 10.8 Å². The van der Waals surface area contributed by atoms with E-state index in [0.29, 0.717) is 18.8 Å². The van der Waals surface area contributed by atoms with Crippen LogP contribution in [0.4, 0.5) is 10.6 Å². The van der Waals surface area contributed by atoms with E-state index in [0.717, 1.165) is 12.1 Å². The zero-order valence-electron chi connectivity index (χ0n) is 15.5. The molecule has 1 aromatic heterocycles. The van der Waals surface area contributed by atoms with E-state index < -0.39 is 0 Å². The van der Waals surface area contributed by atoms with Gasteiger partial charge < -0.3 is 10.4 Å². The van der Waals surface area contributed by atoms with Gasteiger partial charge in [0.1, 0.15) is 5.82 Å². The highest BCUT2D eigenvalue weighted by Gasteiger charge is 2.21. The van der Waals surface area contributed by atoms with Crippen molar-refractivity contribution in [1.82, 2.24) is 15.1 Å². The molecule has 23 heavy (non-hydrogen) atoms. The average Bonchev–Trinajstić information content (AvgIpc) is 2.63. The molecule has 132 valence electrons. The predicted octanol–water partition coefficient (Wildman–Crippen LogP) is 2.93. The Labute approximate surface area is 139 Å². The van der Waals surface area contributed by atoms with Crippen LogP contribution in [-0.4, -0.2) is 33.6 Å². The van der Waals surface area contributed by atoms with Crippen LogP contribution in [0.3, 0.4) is 0 Å². The third-order valence-electron chi connectivity index (χ3n) is 3.46. The first-order valence-corrected chi connectivity index (χ1v) is 8.14. The van der Waals surface area contributed by atoms with Crippen molar-refractivity contribution in [2.75, 3.05) is 11.9 Å². The molecule has 0 saturated heterocycles. The molecule has 3 N–H and O–H groups in total. The van der Waals surface area contributed by atoms with E-state index in [4.69, 9.17) is 0 Å². The molecule has 0 radical (unpaired) electrons. The topological polar surface area (TPSA) is 79.2 Å². The summed E-state index contributed by atoms with van der Waals surface area (Å²) in [4.78, 5) is 12.1. The van der Waals surface area contributed by atoms with E-state index in [9.17, 15) is 9.90 Å². The number of rotatable bonds is 6. The first-order valence-electron chi connectivity index (χ1n) is 8.14. The van der Waals surface area contributed by atoms with E-state index in [1.807, 2.05) is 27.0 Å². The third kappa shape index (κ3) is 7.50. The van der Waals surface area contributed by atoms with Gasteiger partial charge in [-0.1, -0.05) is 34.6 Å². The molecular weight excluding hydrogens is 292 g/mol.